The van der Waals surface area contributed by atoms with Crippen LogP contribution < -0.4 is 15.4 Å². The van der Waals surface area contributed by atoms with Gasteiger partial charge in [-0.05, 0) is 24.1 Å². The lowest BCUT2D eigenvalue weighted by Crippen LogP contribution is -2.55. The molecular formula is C19H27N3O4. The van der Waals surface area contributed by atoms with Gasteiger partial charge in [-0.2, -0.15) is 0 Å². The molecule has 2 aliphatic heterocycles. The van der Waals surface area contributed by atoms with Gasteiger partial charge in [0.2, 0.25) is 11.8 Å². The monoisotopic (exact) mass is 361 g/mol. The summed E-state index contributed by atoms with van der Waals surface area (Å²) in [7, 11) is 1.63. The molecule has 2 atom stereocenters. The summed E-state index contributed by atoms with van der Waals surface area (Å²) in [5, 5.41) is 6.28. The van der Waals surface area contributed by atoms with Crippen molar-refractivity contribution in [3.8, 4) is 5.75 Å². The van der Waals surface area contributed by atoms with E-state index in [1.165, 1.54) is 0 Å². The number of ether oxygens (including phenoxy) is 2. The summed E-state index contributed by atoms with van der Waals surface area (Å²) in [5.74, 6) is 0.922. The van der Waals surface area contributed by atoms with E-state index >= 15 is 0 Å². The van der Waals surface area contributed by atoms with Crippen molar-refractivity contribution in [1.29, 1.82) is 0 Å². The number of carbonyl (C=O) groups is 2. The topological polar surface area (TPSA) is 79.9 Å². The first-order valence-electron chi connectivity index (χ1n) is 9.15. The lowest BCUT2D eigenvalue weighted by molar-refractivity contribution is -0.137. The van der Waals surface area contributed by atoms with Crippen LogP contribution in [0.15, 0.2) is 24.3 Å². The van der Waals surface area contributed by atoms with Crippen LogP contribution in [0, 0.1) is 5.92 Å². The van der Waals surface area contributed by atoms with Crippen LogP contribution >= 0.6 is 0 Å². The molecule has 0 saturated carbocycles. The zero-order valence-electron chi connectivity index (χ0n) is 15.2. The van der Waals surface area contributed by atoms with E-state index in [2.05, 4.69) is 10.6 Å². The Morgan fingerprint density at radius 3 is 2.85 bits per heavy atom. The van der Waals surface area contributed by atoms with E-state index in [-0.39, 0.29) is 23.8 Å². The smallest absolute Gasteiger partial charge is 0.228 e. The molecule has 0 radical (unpaired) electrons. The highest BCUT2D eigenvalue weighted by atomic mass is 16.5. The molecule has 142 valence electrons. The second-order valence-electron chi connectivity index (χ2n) is 6.82. The third-order valence-electron chi connectivity index (χ3n) is 4.93. The van der Waals surface area contributed by atoms with Crippen molar-refractivity contribution in [3.63, 3.8) is 0 Å². The van der Waals surface area contributed by atoms with Crippen molar-refractivity contribution in [3.05, 3.63) is 29.8 Å². The molecule has 1 aromatic carbocycles. The van der Waals surface area contributed by atoms with Gasteiger partial charge in [-0.1, -0.05) is 12.1 Å². The van der Waals surface area contributed by atoms with Gasteiger partial charge in [-0.15, -0.1) is 0 Å². The number of piperazine rings is 1. The summed E-state index contributed by atoms with van der Waals surface area (Å²) in [4.78, 5) is 26.6. The summed E-state index contributed by atoms with van der Waals surface area (Å²) in [6, 6.07) is 7.61. The third-order valence-corrected chi connectivity index (χ3v) is 4.93. The van der Waals surface area contributed by atoms with Gasteiger partial charge < -0.3 is 25.0 Å². The number of rotatable bonds is 6. The fraction of sp³-hybridized carbons (Fsp3) is 0.579. The zero-order valence-corrected chi connectivity index (χ0v) is 15.2. The average Bonchev–Trinajstić information content (AvgIpc) is 3.21. The minimum Gasteiger partial charge on any atom is -0.497 e. The quantitative estimate of drug-likeness (QED) is 0.773. The van der Waals surface area contributed by atoms with E-state index in [0.29, 0.717) is 39.3 Å². The Morgan fingerprint density at radius 2 is 2.15 bits per heavy atom. The standard InChI is InChI=1S/C19H27N3O4/c1-25-17-4-2-14(3-5-17)11-21-18(23)10-16-12-22(8-7-20-16)19(24)15-6-9-26-13-15/h2-5,15-16,20H,6-13H2,1H3,(H,21,23). The molecule has 1 aromatic rings. The molecule has 7 nitrogen and oxygen atoms in total. The first-order valence-corrected chi connectivity index (χ1v) is 9.15. The molecule has 2 unspecified atom stereocenters. The summed E-state index contributed by atoms with van der Waals surface area (Å²) in [5.41, 5.74) is 1.02. The highest BCUT2D eigenvalue weighted by Gasteiger charge is 2.31. The van der Waals surface area contributed by atoms with Crippen LogP contribution in [0.25, 0.3) is 0 Å². The number of methoxy groups -OCH3 is 1. The SMILES string of the molecule is COc1ccc(CNC(=O)CC2CN(C(=O)C3CCOC3)CCN2)cc1. The molecule has 2 saturated heterocycles. The van der Waals surface area contributed by atoms with Crippen molar-refractivity contribution in [2.24, 2.45) is 5.92 Å². The molecular weight excluding hydrogens is 334 g/mol. The van der Waals surface area contributed by atoms with E-state index < -0.39 is 0 Å². The second kappa shape index (κ2) is 9.00. The maximum atomic E-state index is 12.5. The zero-order chi connectivity index (χ0) is 18.4. The maximum absolute atomic E-state index is 12.5. The molecule has 7 heteroatoms. The predicted octanol–water partition coefficient (Wildman–Crippen LogP) is 0.538. The molecule has 0 aliphatic carbocycles. The largest absolute Gasteiger partial charge is 0.497 e. The van der Waals surface area contributed by atoms with Gasteiger partial charge >= 0.3 is 0 Å². The summed E-state index contributed by atoms with van der Waals surface area (Å²) < 4.78 is 10.4. The fourth-order valence-electron chi connectivity index (χ4n) is 3.39. The van der Waals surface area contributed by atoms with Crippen LogP contribution in [0.1, 0.15) is 18.4 Å². The average molecular weight is 361 g/mol. The molecule has 2 fully saturated rings. The predicted molar refractivity (Wildman–Crippen MR) is 96.8 cm³/mol. The van der Waals surface area contributed by atoms with Gasteiger partial charge in [0.25, 0.3) is 0 Å². The maximum Gasteiger partial charge on any atom is 0.228 e. The van der Waals surface area contributed by atoms with Crippen molar-refractivity contribution < 1.29 is 19.1 Å². The van der Waals surface area contributed by atoms with Crippen molar-refractivity contribution in [2.75, 3.05) is 40.0 Å². The minimum absolute atomic E-state index is 0.00844. The molecule has 2 amide bonds. The first kappa shape index (κ1) is 18.7. The highest BCUT2D eigenvalue weighted by molar-refractivity contribution is 5.80. The number of nitrogens with one attached hydrogen (secondary N) is 2. The first-order chi connectivity index (χ1) is 12.7. The molecule has 2 aliphatic rings. The van der Waals surface area contributed by atoms with Gasteiger partial charge in [0.1, 0.15) is 5.75 Å². The Morgan fingerprint density at radius 1 is 1.35 bits per heavy atom. The van der Waals surface area contributed by atoms with Gasteiger partial charge in [-0.3, -0.25) is 9.59 Å². The van der Waals surface area contributed by atoms with Gasteiger partial charge in [-0.25, -0.2) is 0 Å². The second-order valence-corrected chi connectivity index (χ2v) is 6.82. The molecule has 3 rings (SSSR count). The van der Waals surface area contributed by atoms with Gasteiger partial charge in [0.15, 0.2) is 0 Å². The van der Waals surface area contributed by atoms with Crippen LogP contribution in [0.5, 0.6) is 5.75 Å². The highest BCUT2D eigenvalue weighted by Crippen LogP contribution is 2.17. The number of hydrogen-bond donors (Lipinski definition) is 2. The number of benzene rings is 1. The van der Waals surface area contributed by atoms with E-state index in [1.54, 1.807) is 7.11 Å². The van der Waals surface area contributed by atoms with Crippen molar-refractivity contribution in [1.82, 2.24) is 15.5 Å². The number of amides is 2. The Kier molecular flexibility index (Phi) is 6.46. The van der Waals surface area contributed by atoms with E-state index in [0.717, 1.165) is 24.3 Å². The Bertz CT molecular complexity index is 614. The van der Waals surface area contributed by atoms with Crippen molar-refractivity contribution >= 4 is 11.8 Å². The van der Waals surface area contributed by atoms with E-state index in [4.69, 9.17) is 9.47 Å². The van der Waals surface area contributed by atoms with Crippen molar-refractivity contribution in [2.45, 2.75) is 25.4 Å². The minimum atomic E-state index is -0.0168. The number of hydrogen-bond acceptors (Lipinski definition) is 5. The molecule has 0 bridgehead atoms. The van der Waals surface area contributed by atoms with Crippen LogP contribution in [0.3, 0.4) is 0 Å². The Balaban J connectivity index is 1.43. The number of carbonyl (C=O) groups excluding carboxylic acids is 2. The third kappa shape index (κ3) is 4.95. The van der Waals surface area contributed by atoms with E-state index in [1.807, 2.05) is 29.2 Å². The van der Waals surface area contributed by atoms with Crippen LogP contribution in [-0.2, 0) is 20.9 Å². The molecule has 0 aromatic heterocycles. The Hall–Kier alpha value is -2.12. The lowest BCUT2D eigenvalue weighted by atomic mass is 10.0. The normalized spacial score (nSPS) is 22.9. The molecule has 2 N–H and O–H groups in total. The fourth-order valence-corrected chi connectivity index (χ4v) is 3.39. The Labute approximate surface area is 154 Å². The van der Waals surface area contributed by atoms with Crippen LogP contribution in [0.2, 0.25) is 0 Å². The summed E-state index contributed by atoms with van der Waals surface area (Å²) in [6.45, 7) is 3.66. The van der Waals surface area contributed by atoms with Gasteiger partial charge in [0.05, 0.1) is 19.6 Å². The molecule has 2 heterocycles. The molecule has 26 heavy (non-hydrogen) atoms. The van der Waals surface area contributed by atoms with Crippen LogP contribution in [-0.4, -0.2) is 62.7 Å². The molecule has 0 spiro atoms. The van der Waals surface area contributed by atoms with E-state index in [9.17, 15) is 9.59 Å². The number of nitrogens with zero attached hydrogens (tertiary/aromatic N) is 1. The lowest BCUT2D eigenvalue weighted by Gasteiger charge is -2.34. The van der Waals surface area contributed by atoms with Crippen LogP contribution in [0.4, 0.5) is 0 Å². The van der Waals surface area contributed by atoms with Gasteiger partial charge in [0, 0.05) is 45.2 Å². The summed E-state index contributed by atoms with van der Waals surface area (Å²) >= 11 is 0. The summed E-state index contributed by atoms with van der Waals surface area (Å²) in [6.07, 6.45) is 1.16.